The maximum atomic E-state index is 11.2. The largest absolute Gasteiger partial charge is 0.497 e. The van der Waals surface area contributed by atoms with Crippen LogP contribution in [0, 0.1) is 5.92 Å². The van der Waals surface area contributed by atoms with E-state index < -0.39 is 5.97 Å². The number of methoxy groups -OCH3 is 1. The molecule has 4 nitrogen and oxygen atoms in total. The van der Waals surface area contributed by atoms with E-state index in [1.54, 1.807) is 7.11 Å². The van der Waals surface area contributed by atoms with Gasteiger partial charge in [0.2, 0.25) is 0 Å². The minimum atomic E-state index is -0.713. The number of rotatable bonds is 3. The summed E-state index contributed by atoms with van der Waals surface area (Å²) in [7, 11) is 3.58. The number of carboxylic acid groups (broad SMARTS) is 1. The molecule has 0 aromatic heterocycles. The summed E-state index contributed by atoms with van der Waals surface area (Å²) < 4.78 is 5.10. The first-order chi connectivity index (χ1) is 8.11. The van der Waals surface area contributed by atoms with Gasteiger partial charge in [0, 0.05) is 19.0 Å². The van der Waals surface area contributed by atoms with Crippen molar-refractivity contribution in [3.63, 3.8) is 0 Å². The van der Waals surface area contributed by atoms with Crippen LogP contribution < -0.4 is 4.74 Å². The van der Waals surface area contributed by atoms with E-state index in [0.29, 0.717) is 6.54 Å². The Morgan fingerprint density at radius 3 is 2.53 bits per heavy atom. The number of likely N-dealkylation sites (tertiary alicyclic amines) is 1. The van der Waals surface area contributed by atoms with E-state index in [0.717, 1.165) is 17.9 Å². The Kier molecular flexibility index (Phi) is 3.33. The first-order valence-corrected chi connectivity index (χ1v) is 5.67. The molecule has 1 aromatic carbocycles. The van der Waals surface area contributed by atoms with Gasteiger partial charge in [-0.15, -0.1) is 0 Å². The zero-order valence-corrected chi connectivity index (χ0v) is 10.1. The van der Waals surface area contributed by atoms with Crippen LogP contribution in [0.25, 0.3) is 0 Å². The number of aliphatic carboxylic acids is 1. The molecule has 17 heavy (non-hydrogen) atoms. The van der Waals surface area contributed by atoms with Gasteiger partial charge < -0.3 is 14.7 Å². The Hall–Kier alpha value is -1.55. The van der Waals surface area contributed by atoms with E-state index >= 15 is 0 Å². The highest BCUT2D eigenvalue weighted by molar-refractivity contribution is 5.72. The van der Waals surface area contributed by atoms with Crippen LogP contribution in [0.5, 0.6) is 5.75 Å². The molecule has 2 atom stereocenters. The topological polar surface area (TPSA) is 49.8 Å². The number of hydrogen-bond donors (Lipinski definition) is 1. The molecular weight excluding hydrogens is 218 g/mol. The van der Waals surface area contributed by atoms with Gasteiger partial charge in [-0.1, -0.05) is 12.1 Å². The van der Waals surface area contributed by atoms with Crippen molar-refractivity contribution in [1.29, 1.82) is 0 Å². The van der Waals surface area contributed by atoms with E-state index in [9.17, 15) is 9.90 Å². The van der Waals surface area contributed by atoms with Gasteiger partial charge in [-0.2, -0.15) is 0 Å². The first-order valence-electron chi connectivity index (χ1n) is 5.67. The average molecular weight is 235 g/mol. The summed E-state index contributed by atoms with van der Waals surface area (Å²) in [5.41, 5.74) is 1.07. The van der Waals surface area contributed by atoms with Crippen LogP contribution in [0.4, 0.5) is 0 Å². The van der Waals surface area contributed by atoms with Gasteiger partial charge in [0.05, 0.1) is 13.0 Å². The summed E-state index contributed by atoms with van der Waals surface area (Å²) in [4.78, 5) is 13.3. The third kappa shape index (κ3) is 2.42. The second kappa shape index (κ2) is 4.75. The summed E-state index contributed by atoms with van der Waals surface area (Å²) in [6.45, 7) is 1.41. The van der Waals surface area contributed by atoms with Crippen LogP contribution in [0.3, 0.4) is 0 Å². The Bertz CT molecular complexity index is 402. The van der Waals surface area contributed by atoms with Crippen molar-refractivity contribution >= 4 is 5.97 Å². The smallest absolute Gasteiger partial charge is 0.308 e. The van der Waals surface area contributed by atoms with Crippen molar-refractivity contribution in [3.8, 4) is 5.75 Å². The summed E-state index contributed by atoms with van der Waals surface area (Å²) in [6.07, 6.45) is 0. The predicted molar refractivity (Wildman–Crippen MR) is 64.4 cm³/mol. The van der Waals surface area contributed by atoms with Crippen LogP contribution in [-0.2, 0) is 4.79 Å². The van der Waals surface area contributed by atoms with Gasteiger partial charge in [-0.05, 0) is 24.7 Å². The summed E-state index contributed by atoms with van der Waals surface area (Å²) in [6, 6.07) is 7.68. The third-order valence-corrected chi connectivity index (χ3v) is 3.36. The minimum Gasteiger partial charge on any atom is -0.497 e. The SMILES string of the molecule is COc1ccc([C@H]2CN(C)C[C@H]2C(=O)O)cc1. The Balaban J connectivity index is 2.22. The van der Waals surface area contributed by atoms with Gasteiger partial charge >= 0.3 is 5.97 Å². The number of carboxylic acids is 1. The number of ether oxygens (including phenoxy) is 1. The molecule has 1 fully saturated rings. The fourth-order valence-electron chi connectivity index (χ4n) is 2.44. The molecule has 0 bridgehead atoms. The zero-order chi connectivity index (χ0) is 12.4. The molecular formula is C13H17NO3. The average Bonchev–Trinajstić information content (AvgIpc) is 2.72. The van der Waals surface area contributed by atoms with E-state index in [-0.39, 0.29) is 11.8 Å². The minimum absolute atomic E-state index is 0.0726. The van der Waals surface area contributed by atoms with Gasteiger partial charge in [0.25, 0.3) is 0 Å². The molecule has 1 N–H and O–H groups in total. The lowest BCUT2D eigenvalue weighted by atomic mass is 9.89. The maximum absolute atomic E-state index is 11.2. The maximum Gasteiger partial charge on any atom is 0.308 e. The molecule has 1 heterocycles. The second-order valence-corrected chi connectivity index (χ2v) is 4.55. The fourth-order valence-corrected chi connectivity index (χ4v) is 2.44. The van der Waals surface area contributed by atoms with Crippen molar-refractivity contribution in [2.24, 2.45) is 5.92 Å². The Morgan fingerprint density at radius 2 is 2.00 bits per heavy atom. The van der Waals surface area contributed by atoms with E-state index in [2.05, 4.69) is 4.90 Å². The second-order valence-electron chi connectivity index (χ2n) is 4.55. The lowest BCUT2D eigenvalue weighted by molar-refractivity contribution is -0.141. The van der Waals surface area contributed by atoms with Crippen molar-refractivity contribution in [1.82, 2.24) is 4.90 Å². The molecule has 1 aliphatic rings. The first kappa shape index (κ1) is 11.9. The standard InChI is InChI=1S/C13H17NO3/c1-14-7-11(12(8-14)13(15)16)9-3-5-10(17-2)6-4-9/h3-6,11-12H,7-8H2,1-2H3,(H,15,16)/t11-,12-/m1/s1. The molecule has 0 aliphatic carbocycles. The van der Waals surface area contributed by atoms with E-state index in [1.165, 1.54) is 0 Å². The summed E-state index contributed by atoms with van der Waals surface area (Å²) in [5.74, 6) is -0.154. The molecule has 1 aliphatic heterocycles. The van der Waals surface area contributed by atoms with Crippen LogP contribution >= 0.6 is 0 Å². The Morgan fingerprint density at radius 1 is 1.35 bits per heavy atom. The normalized spacial score (nSPS) is 24.8. The van der Waals surface area contributed by atoms with Gasteiger partial charge in [0.1, 0.15) is 5.75 Å². The number of hydrogen-bond acceptors (Lipinski definition) is 3. The highest BCUT2D eigenvalue weighted by Crippen LogP contribution is 2.32. The lowest BCUT2D eigenvalue weighted by Crippen LogP contribution is -2.21. The molecule has 1 aromatic rings. The molecule has 0 spiro atoms. The highest BCUT2D eigenvalue weighted by Gasteiger charge is 2.36. The number of nitrogens with zero attached hydrogens (tertiary/aromatic N) is 1. The molecule has 92 valence electrons. The van der Waals surface area contributed by atoms with Gasteiger partial charge in [-0.3, -0.25) is 4.79 Å². The van der Waals surface area contributed by atoms with E-state index in [4.69, 9.17) is 4.74 Å². The van der Waals surface area contributed by atoms with Crippen molar-refractivity contribution < 1.29 is 14.6 Å². The quantitative estimate of drug-likeness (QED) is 0.861. The molecule has 0 saturated carbocycles. The Labute approximate surface area is 101 Å². The predicted octanol–water partition coefficient (Wildman–Crippen LogP) is 1.43. The van der Waals surface area contributed by atoms with Crippen molar-refractivity contribution in [3.05, 3.63) is 29.8 Å². The van der Waals surface area contributed by atoms with Crippen LogP contribution in [0.2, 0.25) is 0 Å². The van der Waals surface area contributed by atoms with Crippen LogP contribution in [0.1, 0.15) is 11.5 Å². The zero-order valence-electron chi connectivity index (χ0n) is 10.1. The van der Waals surface area contributed by atoms with Crippen molar-refractivity contribution in [2.75, 3.05) is 27.2 Å². The van der Waals surface area contributed by atoms with Crippen LogP contribution in [0.15, 0.2) is 24.3 Å². The van der Waals surface area contributed by atoms with Gasteiger partial charge in [-0.25, -0.2) is 0 Å². The lowest BCUT2D eigenvalue weighted by Gasteiger charge is -2.15. The molecule has 2 rings (SSSR count). The fraction of sp³-hybridized carbons (Fsp3) is 0.462. The number of benzene rings is 1. The molecule has 0 unspecified atom stereocenters. The summed E-state index contributed by atoms with van der Waals surface area (Å²) in [5, 5.41) is 9.21. The van der Waals surface area contributed by atoms with Gasteiger partial charge in [0.15, 0.2) is 0 Å². The summed E-state index contributed by atoms with van der Waals surface area (Å²) >= 11 is 0. The van der Waals surface area contributed by atoms with Crippen molar-refractivity contribution in [2.45, 2.75) is 5.92 Å². The number of carbonyl (C=O) groups is 1. The van der Waals surface area contributed by atoms with E-state index in [1.807, 2.05) is 31.3 Å². The number of likely N-dealkylation sites (N-methyl/N-ethyl adjacent to an activating group) is 1. The molecule has 0 amide bonds. The molecule has 0 radical (unpaired) electrons. The molecule has 1 saturated heterocycles. The third-order valence-electron chi connectivity index (χ3n) is 3.36. The van der Waals surface area contributed by atoms with Crippen LogP contribution in [-0.4, -0.2) is 43.2 Å². The molecule has 4 heteroatoms. The monoisotopic (exact) mass is 235 g/mol. The highest BCUT2D eigenvalue weighted by atomic mass is 16.5.